The van der Waals surface area contributed by atoms with Gasteiger partial charge in [-0.15, -0.1) is 0 Å². The second-order valence-corrected chi connectivity index (χ2v) is 8.71. The molecule has 1 aromatic heterocycles. The number of carbonyl (C=O) groups is 3. The Morgan fingerprint density at radius 1 is 1.21 bits per heavy atom. The van der Waals surface area contributed by atoms with Crippen molar-refractivity contribution in [3.8, 4) is 0 Å². The Balaban J connectivity index is 1.58. The molecule has 0 bridgehead atoms. The largest absolute Gasteiger partial charge is 0.467 e. The van der Waals surface area contributed by atoms with Crippen LogP contribution in [0.25, 0.3) is 0 Å². The molecule has 2 aliphatic heterocycles. The van der Waals surface area contributed by atoms with Crippen molar-refractivity contribution in [1.29, 1.82) is 0 Å². The maximum Gasteiger partial charge on any atom is 0.334 e. The minimum absolute atomic E-state index is 0.0187. The highest BCUT2D eigenvalue weighted by atomic mass is 19.1. The standard InChI is InChI=1S/C23H28FN5O4/c1-15(2)21-22(31)27(12-18-5-4-10-33-18)13-19-28(21)20(30)14-26(3)29(19)23(32)25-11-16-6-8-17(24)9-7-16/h4-10,15,19,21H,11-14H2,1-3H3,(H,25,32)/t19-,21-/m0/s1. The van der Waals surface area contributed by atoms with Crippen LogP contribution in [0.2, 0.25) is 0 Å². The summed E-state index contributed by atoms with van der Waals surface area (Å²) < 4.78 is 18.6. The molecule has 2 aromatic rings. The number of rotatable bonds is 5. The van der Waals surface area contributed by atoms with Gasteiger partial charge in [-0.25, -0.2) is 19.2 Å². The first kappa shape index (κ1) is 22.8. The smallest absolute Gasteiger partial charge is 0.334 e. The van der Waals surface area contributed by atoms with Gasteiger partial charge in [-0.1, -0.05) is 26.0 Å². The van der Waals surface area contributed by atoms with Crippen molar-refractivity contribution in [3.05, 3.63) is 59.8 Å². The van der Waals surface area contributed by atoms with Crippen molar-refractivity contribution in [2.24, 2.45) is 5.92 Å². The lowest BCUT2D eigenvalue weighted by Crippen LogP contribution is -2.76. The summed E-state index contributed by atoms with van der Waals surface area (Å²) in [6, 6.07) is 8.32. The number of piperazine rings is 1. The Labute approximate surface area is 191 Å². The molecular formula is C23H28FN5O4. The quantitative estimate of drug-likeness (QED) is 0.742. The molecule has 0 unspecified atom stereocenters. The van der Waals surface area contributed by atoms with Gasteiger partial charge in [0.15, 0.2) is 0 Å². The van der Waals surface area contributed by atoms with Crippen LogP contribution in [-0.4, -0.2) is 70.0 Å². The molecule has 1 N–H and O–H groups in total. The lowest BCUT2D eigenvalue weighted by Gasteiger charge is -2.55. The zero-order chi connectivity index (χ0) is 23.7. The molecule has 176 valence electrons. The average molecular weight is 458 g/mol. The Kier molecular flexibility index (Phi) is 6.37. The fourth-order valence-electron chi connectivity index (χ4n) is 4.45. The molecule has 2 saturated heterocycles. The molecule has 33 heavy (non-hydrogen) atoms. The van der Waals surface area contributed by atoms with Gasteiger partial charge in [0.2, 0.25) is 11.8 Å². The fraction of sp³-hybridized carbons (Fsp3) is 0.435. The number of hydrogen-bond acceptors (Lipinski definition) is 5. The summed E-state index contributed by atoms with van der Waals surface area (Å²) in [6.07, 6.45) is 0.882. The van der Waals surface area contributed by atoms with E-state index in [4.69, 9.17) is 4.42 Å². The van der Waals surface area contributed by atoms with E-state index in [0.29, 0.717) is 5.76 Å². The topological polar surface area (TPSA) is 89.3 Å². The third-order valence-corrected chi connectivity index (χ3v) is 5.99. The number of urea groups is 1. The monoisotopic (exact) mass is 457 g/mol. The normalized spacial score (nSPS) is 21.5. The van der Waals surface area contributed by atoms with E-state index in [9.17, 15) is 18.8 Å². The number of furan rings is 1. The molecule has 1 aromatic carbocycles. The average Bonchev–Trinajstić information content (AvgIpc) is 3.27. The number of amides is 4. The summed E-state index contributed by atoms with van der Waals surface area (Å²) in [5.41, 5.74) is 0.746. The highest BCUT2D eigenvalue weighted by Gasteiger charge is 2.51. The maximum atomic E-state index is 13.3. The molecule has 2 fully saturated rings. The van der Waals surface area contributed by atoms with E-state index in [-0.39, 0.29) is 49.7 Å². The first-order valence-corrected chi connectivity index (χ1v) is 10.9. The summed E-state index contributed by atoms with van der Waals surface area (Å²) in [7, 11) is 1.67. The summed E-state index contributed by atoms with van der Waals surface area (Å²) in [5.74, 6) is -0.228. The van der Waals surface area contributed by atoms with Crippen LogP contribution >= 0.6 is 0 Å². The number of nitrogens with one attached hydrogen (secondary N) is 1. The van der Waals surface area contributed by atoms with Gasteiger partial charge < -0.3 is 19.5 Å². The van der Waals surface area contributed by atoms with Crippen LogP contribution in [0.1, 0.15) is 25.2 Å². The number of nitrogens with zero attached hydrogens (tertiary/aromatic N) is 4. The number of halogens is 1. The van der Waals surface area contributed by atoms with Gasteiger partial charge in [-0.2, -0.15) is 0 Å². The molecule has 10 heteroatoms. The number of likely N-dealkylation sites (N-methyl/N-ethyl adjacent to an activating group) is 1. The zero-order valence-corrected chi connectivity index (χ0v) is 18.9. The Hall–Kier alpha value is -3.40. The molecule has 2 aliphatic rings. The number of hydrazine groups is 1. The summed E-state index contributed by atoms with van der Waals surface area (Å²) in [5, 5.41) is 5.90. The van der Waals surface area contributed by atoms with E-state index < -0.39 is 18.2 Å². The van der Waals surface area contributed by atoms with Crippen molar-refractivity contribution >= 4 is 17.8 Å². The SMILES string of the molecule is CC(C)[C@H]1C(=O)N(Cc2ccco2)C[C@H]2N1C(=O)CN(C)N2C(=O)NCc1ccc(F)cc1. The van der Waals surface area contributed by atoms with Gasteiger partial charge >= 0.3 is 6.03 Å². The van der Waals surface area contributed by atoms with Crippen LogP contribution in [-0.2, 0) is 22.7 Å². The lowest BCUT2D eigenvalue weighted by molar-refractivity contribution is -0.190. The van der Waals surface area contributed by atoms with E-state index in [1.54, 1.807) is 52.4 Å². The summed E-state index contributed by atoms with van der Waals surface area (Å²) in [6.45, 7) is 4.37. The minimum atomic E-state index is -0.688. The van der Waals surface area contributed by atoms with E-state index in [1.165, 1.54) is 17.1 Å². The van der Waals surface area contributed by atoms with E-state index in [0.717, 1.165) is 5.56 Å². The molecular weight excluding hydrogens is 429 g/mol. The van der Waals surface area contributed by atoms with Crippen LogP contribution in [0.5, 0.6) is 0 Å². The van der Waals surface area contributed by atoms with Gasteiger partial charge in [0.05, 0.1) is 25.9 Å². The van der Waals surface area contributed by atoms with Crippen LogP contribution in [0.15, 0.2) is 47.1 Å². The van der Waals surface area contributed by atoms with Gasteiger partial charge in [-0.05, 0) is 35.7 Å². The Morgan fingerprint density at radius 3 is 2.58 bits per heavy atom. The highest BCUT2D eigenvalue weighted by Crippen LogP contribution is 2.30. The zero-order valence-electron chi connectivity index (χ0n) is 18.9. The molecule has 0 spiro atoms. The molecule has 9 nitrogen and oxygen atoms in total. The maximum absolute atomic E-state index is 13.3. The summed E-state index contributed by atoms with van der Waals surface area (Å²) >= 11 is 0. The molecule has 3 heterocycles. The number of carbonyl (C=O) groups excluding carboxylic acids is 3. The fourth-order valence-corrected chi connectivity index (χ4v) is 4.45. The van der Waals surface area contributed by atoms with E-state index in [2.05, 4.69) is 5.32 Å². The van der Waals surface area contributed by atoms with E-state index in [1.807, 2.05) is 13.8 Å². The van der Waals surface area contributed by atoms with Gasteiger partial charge in [-0.3, -0.25) is 9.59 Å². The Bertz CT molecular complexity index is 1010. The third kappa shape index (κ3) is 4.56. The van der Waals surface area contributed by atoms with Gasteiger partial charge in [0.1, 0.15) is 23.8 Å². The Morgan fingerprint density at radius 2 is 1.94 bits per heavy atom. The molecule has 2 atom stereocenters. The van der Waals surface area contributed by atoms with Crippen molar-refractivity contribution in [2.45, 2.75) is 39.1 Å². The van der Waals surface area contributed by atoms with E-state index >= 15 is 0 Å². The number of fused-ring (bicyclic) bond motifs is 1. The molecule has 0 saturated carbocycles. The molecule has 0 aliphatic carbocycles. The van der Waals surface area contributed by atoms with Crippen molar-refractivity contribution < 1.29 is 23.2 Å². The first-order chi connectivity index (χ1) is 15.8. The van der Waals surface area contributed by atoms with Crippen molar-refractivity contribution in [3.63, 3.8) is 0 Å². The number of hydrogen-bond donors (Lipinski definition) is 1. The van der Waals surface area contributed by atoms with Gasteiger partial charge in [0, 0.05) is 13.6 Å². The third-order valence-electron chi connectivity index (χ3n) is 5.99. The van der Waals surface area contributed by atoms with Crippen molar-refractivity contribution in [2.75, 3.05) is 20.1 Å². The second-order valence-electron chi connectivity index (χ2n) is 8.71. The highest BCUT2D eigenvalue weighted by molar-refractivity contribution is 5.91. The van der Waals surface area contributed by atoms with Crippen LogP contribution in [0.4, 0.5) is 9.18 Å². The first-order valence-electron chi connectivity index (χ1n) is 10.9. The number of benzene rings is 1. The predicted molar refractivity (Wildman–Crippen MR) is 116 cm³/mol. The predicted octanol–water partition coefficient (Wildman–Crippen LogP) is 2.01. The molecule has 0 radical (unpaired) electrons. The van der Waals surface area contributed by atoms with Crippen LogP contribution in [0, 0.1) is 11.7 Å². The van der Waals surface area contributed by atoms with Crippen LogP contribution < -0.4 is 5.32 Å². The van der Waals surface area contributed by atoms with Crippen LogP contribution in [0.3, 0.4) is 0 Å². The van der Waals surface area contributed by atoms with Gasteiger partial charge in [0.25, 0.3) is 0 Å². The van der Waals surface area contributed by atoms with Crippen molar-refractivity contribution in [1.82, 2.24) is 25.1 Å². The molecule has 4 rings (SSSR count). The minimum Gasteiger partial charge on any atom is -0.467 e. The second kappa shape index (κ2) is 9.22. The summed E-state index contributed by atoms with van der Waals surface area (Å²) in [4.78, 5) is 42.7. The molecule has 4 amide bonds. The lowest BCUT2D eigenvalue weighted by atomic mass is 9.96.